The second kappa shape index (κ2) is 5.32. The lowest BCUT2D eigenvalue weighted by molar-refractivity contribution is 0.146. The summed E-state index contributed by atoms with van der Waals surface area (Å²) in [5.41, 5.74) is 1.24. The molecule has 5 heteroatoms. The molecular formula is C15H20N4O. The largest absolute Gasteiger partial charge is 0.338 e. The van der Waals surface area contributed by atoms with E-state index in [-0.39, 0.29) is 11.5 Å². The Morgan fingerprint density at radius 3 is 3.10 bits per heavy atom. The van der Waals surface area contributed by atoms with E-state index in [0.717, 1.165) is 17.9 Å². The molecule has 0 saturated carbocycles. The average Bonchev–Trinajstić information content (AvgIpc) is 2.87. The molecule has 1 aliphatic rings. The van der Waals surface area contributed by atoms with Crippen LogP contribution in [0.1, 0.15) is 50.0 Å². The first-order chi connectivity index (χ1) is 9.65. The van der Waals surface area contributed by atoms with Gasteiger partial charge in [-0.3, -0.25) is 4.98 Å². The molecule has 0 bridgehead atoms. The topological polar surface area (TPSA) is 63.8 Å². The minimum atomic E-state index is 0.145. The first-order valence-electron chi connectivity index (χ1n) is 7.10. The maximum Gasteiger partial charge on any atom is 0.244 e. The quantitative estimate of drug-likeness (QED) is 0.930. The first-order valence-corrected chi connectivity index (χ1v) is 7.10. The summed E-state index contributed by atoms with van der Waals surface area (Å²) in [5.74, 6) is 1.42. The van der Waals surface area contributed by atoms with E-state index in [2.05, 4.69) is 34.3 Å². The number of hydrogen-bond acceptors (Lipinski definition) is 5. The van der Waals surface area contributed by atoms with E-state index in [9.17, 15) is 0 Å². The Labute approximate surface area is 118 Å². The van der Waals surface area contributed by atoms with Crippen molar-refractivity contribution in [2.24, 2.45) is 5.41 Å². The molecule has 1 atom stereocenters. The van der Waals surface area contributed by atoms with E-state index in [0.29, 0.717) is 12.3 Å². The van der Waals surface area contributed by atoms with Crippen molar-refractivity contribution in [2.45, 2.75) is 39.2 Å². The second-order valence-corrected chi connectivity index (χ2v) is 6.07. The highest BCUT2D eigenvalue weighted by molar-refractivity contribution is 5.14. The second-order valence-electron chi connectivity index (χ2n) is 6.07. The number of rotatable bonds is 3. The van der Waals surface area contributed by atoms with Gasteiger partial charge in [0.25, 0.3) is 0 Å². The molecule has 20 heavy (non-hydrogen) atoms. The van der Waals surface area contributed by atoms with Crippen molar-refractivity contribution in [3.8, 4) is 0 Å². The molecule has 0 spiro atoms. The minimum absolute atomic E-state index is 0.145. The van der Waals surface area contributed by atoms with Gasteiger partial charge in [-0.15, -0.1) is 0 Å². The lowest BCUT2D eigenvalue weighted by Crippen LogP contribution is -2.39. The number of aromatic nitrogens is 3. The number of nitrogens with zero attached hydrogens (tertiary/aromatic N) is 3. The van der Waals surface area contributed by atoms with Gasteiger partial charge in [0, 0.05) is 18.8 Å². The molecule has 5 nitrogen and oxygen atoms in total. The molecule has 1 fully saturated rings. The van der Waals surface area contributed by atoms with Gasteiger partial charge in [0.1, 0.15) is 0 Å². The number of nitrogens with one attached hydrogen (secondary N) is 1. The Morgan fingerprint density at radius 2 is 2.35 bits per heavy atom. The van der Waals surface area contributed by atoms with Crippen LogP contribution in [-0.2, 0) is 6.42 Å². The van der Waals surface area contributed by atoms with E-state index >= 15 is 0 Å². The van der Waals surface area contributed by atoms with Crippen LogP contribution in [0.2, 0.25) is 0 Å². The lowest BCUT2D eigenvalue weighted by Gasteiger charge is -2.36. The summed E-state index contributed by atoms with van der Waals surface area (Å²) in [5, 5.41) is 7.59. The zero-order chi connectivity index (χ0) is 14.0. The van der Waals surface area contributed by atoms with Gasteiger partial charge in [-0.05, 0) is 36.4 Å². The Hall–Kier alpha value is -1.75. The normalized spacial score (nSPS) is 21.8. The van der Waals surface area contributed by atoms with Crippen molar-refractivity contribution in [2.75, 3.05) is 6.54 Å². The van der Waals surface area contributed by atoms with Crippen LogP contribution in [0, 0.1) is 5.41 Å². The zero-order valence-electron chi connectivity index (χ0n) is 12.0. The predicted octanol–water partition coefficient (Wildman–Crippen LogP) is 2.51. The number of hydrogen-bond donors (Lipinski definition) is 1. The van der Waals surface area contributed by atoms with Crippen LogP contribution in [0.3, 0.4) is 0 Å². The lowest BCUT2D eigenvalue weighted by atomic mass is 9.77. The molecule has 0 aromatic carbocycles. The summed E-state index contributed by atoms with van der Waals surface area (Å²) in [6.45, 7) is 5.50. The van der Waals surface area contributed by atoms with Crippen LogP contribution >= 0.6 is 0 Å². The third-order valence-corrected chi connectivity index (χ3v) is 3.94. The fraction of sp³-hybridized carbons (Fsp3) is 0.533. The smallest absolute Gasteiger partial charge is 0.244 e. The van der Waals surface area contributed by atoms with Gasteiger partial charge in [-0.25, -0.2) is 0 Å². The van der Waals surface area contributed by atoms with Gasteiger partial charge in [0.05, 0.1) is 6.04 Å². The van der Waals surface area contributed by atoms with Crippen molar-refractivity contribution in [3.63, 3.8) is 0 Å². The van der Waals surface area contributed by atoms with Crippen LogP contribution in [0.15, 0.2) is 29.0 Å². The summed E-state index contributed by atoms with van der Waals surface area (Å²) < 4.78 is 5.47. The van der Waals surface area contributed by atoms with Gasteiger partial charge in [-0.2, -0.15) is 4.98 Å². The molecule has 106 valence electrons. The summed E-state index contributed by atoms with van der Waals surface area (Å²) in [4.78, 5) is 8.66. The molecule has 1 aliphatic heterocycles. The number of piperidine rings is 1. The van der Waals surface area contributed by atoms with E-state index in [4.69, 9.17) is 4.52 Å². The minimum Gasteiger partial charge on any atom is -0.338 e. The van der Waals surface area contributed by atoms with Gasteiger partial charge in [0.15, 0.2) is 5.82 Å². The molecule has 2 aromatic heterocycles. The van der Waals surface area contributed by atoms with Crippen LogP contribution in [-0.4, -0.2) is 21.7 Å². The van der Waals surface area contributed by atoms with E-state index in [1.54, 1.807) is 6.20 Å². The Morgan fingerprint density at radius 1 is 1.45 bits per heavy atom. The SMILES string of the molecule is CC1(C)CCCNC1c1nc(Cc2cccnc2)no1. The monoisotopic (exact) mass is 272 g/mol. The fourth-order valence-electron chi connectivity index (χ4n) is 2.77. The van der Waals surface area contributed by atoms with Crippen molar-refractivity contribution < 1.29 is 4.52 Å². The molecule has 3 heterocycles. The van der Waals surface area contributed by atoms with Gasteiger partial charge in [-0.1, -0.05) is 25.1 Å². The molecule has 0 radical (unpaired) electrons. The van der Waals surface area contributed by atoms with Crippen LogP contribution in [0.4, 0.5) is 0 Å². The summed E-state index contributed by atoms with van der Waals surface area (Å²) in [6.07, 6.45) is 6.62. The first kappa shape index (κ1) is 13.2. The van der Waals surface area contributed by atoms with E-state index in [1.165, 1.54) is 12.8 Å². The van der Waals surface area contributed by atoms with Gasteiger partial charge in [0.2, 0.25) is 5.89 Å². The molecule has 0 aliphatic carbocycles. The molecular weight excluding hydrogens is 252 g/mol. The molecule has 1 saturated heterocycles. The summed E-state index contributed by atoms with van der Waals surface area (Å²) in [7, 11) is 0. The molecule has 0 amide bonds. The Balaban J connectivity index is 1.76. The van der Waals surface area contributed by atoms with Crippen molar-refractivity contribution in [1.29, 1.82) is 0 Å². The van der Waals surface area contributed by atoms with Crippen molar-refractivity contribution in [1.82, 2.24) is 20.4 Å². The summed E-state index contributed by atoms with van der Waals surface area (Å²) >= 11 is 0. The molecule has 2 aromatic rings. The predicted molar refractivity (Wildman–Crippen MR) is 75.1 cm³/mol. The highest BCUT2D eigenvalue weighted by Crippen LogP contribution is 2.39. The fourth-order valence-corrected chi connectivity index (χ4v) is 2.77. The van der Waals surface area contributed by atoms with Crippen LogP contribution in [0.5, 0.6) is 0 Å². The maximum atomic E-state index is 5.47. The molecule has 1 N–H and O–H groups in total. The Bertz CT molecular complexity index is 564. The van der Waals surface area contributed by atoms with Crippen molar-refractivity contribution in [3.05, 3.63) is 41.8 Å². The third kappa shape index (κ3) is 2.72. The van der Waals surface area contributed by atoms with Crippen molar-refractivity contribution >= 4 is 0 Å². The standard InChI is InChI=1S/C15H20N4O/c1-15(2)6-4-8-17-13(15)14-18-12(19-20-14)9-11-5-3-7-16-10-11/h3,5,7,10,13,17H,4,6,8-9H2,1-2H3. The van der Waals surface area contributed by atoms with Crippen LogP contribution in [0.25, 0.3) is 0 Å². The van der Waals surface area contributed by atoms with Crippen LogP contribution < -0.4 is 5.32 Å². The molecule has 1 unspecified atom stereocenters. The number of pyridine rings is 1. The molecule has 3 rings (SSSR count). The van der Waals surface area contributed by atoms with E-state index in [1.807, 2.05) is 18.3 Å². The Kier molecular flexibility index (Phi) is 3.53. The average molecular weight is 272 g/mol. The zero-order valence-corrected chi connectivity index (χ0v) is 12.0. The third-order valence-electron chi connectivity index (χ3n) is 3.94. The van der Waals surface area contributed by atoms with E-state index < -0.39 is 0 Å². The summed E-state index contributed by atoms with van der Waals surface area (Å²) in [6, 6.07) is 4.08. The van der Waals surface area contributed by atoms with Gasteiger partial charge < -0.3 is 9.84 Å². The maximum absolute atomic E-state index is 5.47. The highest BCUT2D eigenvalue weighted by atomic mass is 16.5. The van der Waals surface area contributed by atoms with Gasteiger partial charge >= 0.3 is 0 Å². The highest BCUT2D eigenvalue weighted by Gasteiger charge is 2.36.